The van der Waals surface area contributed by atoms with Crippen molar-refractivity contribution in [2.75, 3.05) is 0 Å². The molecule has 0 aromatic carbocycles. The quantitative estimate of drug-likeness (QED) is 0.534. The zero-order chi connectivity index (χ0) is 16.1. The molecule has 2 nitrogen and oxygen atoms in total. The highest BCUT2D eigenvalue weighted by molar-refractivity contribution is 5.87. The van der Waals surface area contributed by atoms with Gasteiger partial charge in [0.15, 0.2) is 0 Å². The Hall–Kier alpha value is -0.790. The SMILES string of the molecule is C=C(C)C(=O)OC1CC2(C)CCC1(C(C)C)C1CCCCC12. The van der Waals surface area contributed by atoms with Crippen LogP contribution in [0.25, 0.3) is 0 Å². The Morgan fingerprint density at radius 3 is 2.41 bits per heavy atom. The normalized spacial score (nSPS) is 43.8. The van der Waals surface area contributed by atoms with Crippen LogP contribution in [0.15, 0.2) is 12.2 Å². The summed E-state index contributed by atoms with van der Waals surface area (Å²) in [7, 11) is 0. The third kappa shape index (κ3) is 2.17. The van der Waals surface area contributed by atoms with Crippen molar-refractivity contribution < 1.29 is 9.53 Å². The Morgan fingerprint density at radius 1 is 1.18 bits per heavy atom. The van der Waals surface area contributed by atoms with Gasteiger partial charge in [-0.3, -0.25) is 0 Å². The van der Waals surface area contributed by atoms with Gasteiger partial charge in [0, 0.05) is 11.0 Å². The maximum Gasteiger partial charge on any atom is 0.333 e. The number of hydrogen-bond acceptors (Lipinski definition) is 2. The molecule has 22 heavy (non-hydrogen) atoms. The fourth-order valence-corrected chi connectivity index (χ4v) is 6.22. The summed E-state index contributed by atoms with van der Waals surface area (Å²) in [5.41, 5.74) is 1.11. The van der Waals surface area contributed by atoms with E-state index in [1.165, 1.54) is 38.5 Å². The number of fused-ring (bicyclic) bond motifs is 2. The summed E-state index contributed by atoms with van der Waals surface area (Å²) < 4.78 is 6.03. The molecule has 4 aliphatic rings. The van der Waals surface area contributed by atoms with Crippen LogP contribution in [0, 0.1) is 28.6 Å². The summed E-state index contributed by atoms with van der Waals surface area (Å²) in [6.45, 7) is 12.7. The summed E-state index contributed by atoms with van der Waals surface area (Å²) in [6.07, 6.45) is 9.16. The molecule has 4 fully saturated rings. The van der Waals surface area contributed by atoms with Gasteiger partial charge in [0.1, 0.15) is 6.10 Å². The van der Waals surface area contributed by atoms with Gasteiger partial charge in [0.2, 0.25) is 0 Å². The van der Waals surface area contributed by atoms with Gasteiger partial charge >= 0.3 is 5.97 Å². The molecule has 124 valence electrons. The highest BCUT2D eigenvalue weighted by Crippen LogP contribution is 2.68. The number of carbonyl (C=O) groups excluding carboxylic acids is 1. The average molecular weight is 304 g/mol. The van der Waals surface area contributed by atoms with Crippen molar-refractivity contribution in [2.45, 2.75) is 78.7 Å². The highest BCUT2D eigenvalue weighted by atomic mass is 16.5. The predicted octanol–water partition coefficient (Wildman–Crippen LogP) is 5.13. The zero-order valence-electron chi connectivity index (χ0n) is 14.8. The van der Waals surface area contributed by atoms with Crippen molar-refractivity contribution in [2.24, 2.45) is 28.6 Å². The summed E-state index contributed by atoms with van der Waals surface area (Å²) in [5.74, 6) is 1.98. The maximum absolute atomic E-state index is 12.2. The van der Waals surface area contributed by atoms with Gasteiger partial charge < -0.3 is 4.74 Å². The van der Waals surface area contributed by atoms with E-state index in [-0.39, 0.29) is 17.5 Å². The molecule has 0 heterocycles. The van der Waals surface area contributed by atoms with Crippen LogP contribution in [0.1, 0.15) is 72.6 Å². The first kappa shape index (κ1) is 16.1. The third-order valence-electron chi connectivity index (χ3n) is 7.40. The van der Waals surface area contributed by atoms with E-state index in [0.29, 0.717) is 16.9 Å². The van der Waals surface area contributed by atoms with Crippen molar-refractivity contribution in [1.82, 2.24) is 0 Å². The summed E-state index contributed by atoms with van der Waals surface area (Å²) in [5, 5.41) is 0. The molecule has 0 aromatic rings. The van der Waals surface area contributed by atoms with Gasteiger partial charge in [0.05, 0.1) is 0 Å². The summed E-state index contributed by atoms with van der Waals surface area (Å²) in [4.78, 5) is 12.2. The van der Waals surface area contributed by atoms with Crippen molar-refractivity contribution in [3.05, 3.63) is 12.2 Å². The molecule has 4 aliphatic carbocycles. The van der Waals surface area contributed by atoms with Gasteiger partial charge in [-0.2, -0.15) is 0 Å². The molecule has 2 bridgehead atoms. The number of hydrogen-bond donors (Lipinski definition) is 0. The van der Waals surface area contributed by atoms with Crippen molar-refractivity contribution in [3.63, 3.8) is 0 Å². The molecule has 0 aromatic heterocycles. The number of esters is 1. The maximum atomic E-state index is 12.2. The molecule has 0 amide bonds. The predicted molar refractivity (Wildman–Crippen MR) is 89.4 cm³/mol. The fourth-order valence-electron chi connectivity index (χ4n) is 6.22. The number of ether oxygens (including phenoxy) is 1. The summed E-state index contributed by atoms with van der Waals surface area (Å²) >= 11 is 0. The van der Waals surface area contributed by atoms with E-state index < -0.39 is 0 Å². The minimum Gasteiger partial charge on any atom is -0.458 e. The topological polar surface area (TPSA) is 26.3 Å². The lowest BCUT2D eigenvalue weighted by Gasteiger charge is -2.67. The fraction of sp³-hybridized carbons (Fsp3) is 0.850. The summed E-state index contributed by atoms with van der Waals surface area (Å²) in [6, 6.07) is 0. The van der Waals surface area contributed by atoms with Crippen molar-refractivity contribution >= 4 is 5.97 Å². The number of carbonyl (C=O) groups is 1. The largest absolute Gasteiger partial charge is 0.458 e. The Morgan fingerprint density at radius 2 is 1.82 bits per heavy atom. The zero-order valence-corrected chi connectivity index (χ0v) is 14.8. The van der Waals surface area contributed by atoms with Crippen LogP contribution in [0.5, 0.6) is 0 Å². The Kier molecular flexibility index (Phi) is 3.94. The smallest absolute Gasteiger partial charge is 0.333 e. The minimum atomic E-state index is -0.187. The van der Waals surface area contributed by atoms with Crippen LogP contribution in [0.3, 0.4) is 0 Å². The lowest BCUT2D eigenvalue weighted by atomic mass is 9.39. The van der Waals surface area contributed by atoms with E-state index in [4.69, 9.17) is 4.74 Å². The minimum absolute atomic E-state index is 0.0924. The second-order valence-electron chi connectivity index (χ2n) is 8.80. The highest BCUT2D eigenvalue weighted by Gasteiger charge is 2.64. The molecular formula is C20H32O2. The molecule has 4 rings (SSSR count). The van der Waals surface area contributed by atoms with Crippen LogP contribution in [-0.2, 0) is 9.53 Å². The lowest BCUT2D eigenvalue weighted by Crippen LogP contribution is -2.64. The second-order valence-corrected chi connectivity index (χ2v) is 8.80. The molecule has 0 aliphatic heterocycles. The first-order valence-corrected chi connectivity index (χ1v) is 9.18. The van der Waals surface area contributed by atoms with Crippen LogP contribution < -0.4 is 0 Å². The van der Waals surface area contributed by atoms with Crippen LogP contribution in [0.4, 0.5) is 0 Å². The van der Waals surface area contributed by atoms with Gasteiger partial charge in [-0.25, -0.2) is 4.79 Å². The molecule has 0 spiro atoms. The van der Waals surface area contributed by atoms with E-state index in [2.05, 4.69) is 27.4 Å². The van der Waals surface area contributed by atoms with Gasteiger partial charge in [-0.1, -0.05) is 40.2 Å². The van der Waals surface area contributed by atoms with E-state index in [0.717, 1.165) is 18.3 Å². The molecule has 0 radical (unpaired) electrons. The monoisotopic (exact) mass is 304 g/mol. The van der Waals surface area contributed by atoms with E-state index in [1.807, 2.05) is 0 Å². The molecular weight excluding hydrogens is 272 g/mol. The standard InChI is InChI=1S/C20H32O2/c1-13(2)18(21)22-17-12-19(5)10-11-20(17,14(3)4)16-9-7-6-8-15(16)19/h14-17H,1,6-12H2,2-5H3. The van der Waals surface area contributed by atoms with Crippen molar-refractivity contribution in [3.8, 4) is 0 Å². The first-order valence-electron chi connectivity index (χ1n) is 9.18. The van der Waals surface area contributed by atoms with E-state index in [9.17, 15) is 4.79 Å². The van der Waals surface area contributed by atoms with Crippen LogP contribution in [-0.4, -0.2) is 12.1 Å². The average Bonchev–Trinajstić information content (AvgIpc) is 2.47. The van der Waals surface area contributed by atoms with E-state index >= 15 is 0 Å². The molecule has 2 heteroatoms. The van der Waals surface area contributed by atoms with Gasteiger partial charge in [0.25, 0.3) is 0 Å². The lowest BCUT2D eigenvalue weighted by molar-refractivity contribution is -0.228. The Labute approximate surface area is 135 Å². The molecule has 0 N–H and O–H groups in total. The molecule has 5 atom stereocenters. The van der Waals surface area contributed by atoms with Crippen molar-refractivity contribution in [1.29, 1.82) is 0 Å². The van der Waals surface area contributed by atoms with Gasteiger partial charge in [-0.05, 0) is 62.2 Å². The third-order valence-corrected chi connectivity index (χ3v) is 7.40. The second kappa shape index (κ2) is 5.39. The van der Waals surface area contributed by atoms with Crippen LogP contribution >= 0.6 is 0 Å². The van der Waals surface area contributed by atoms with E-state index in [1.54, 1.807) is 6.92 Å². The Balaban J connectivity index is 1.97. The first-order chi connectivity index (χ1) is 10.3. The van der Waals surface area contributed by atoms with Crippen LogP contribution in [0.2, 0.25) is 0 Å². The molecule has 4 saturated carbocycles. The molecule has 5 unspecified atom stereocenters. The Bertz CT molecular complexity index is 480. The number of rotatable bonds is 3. The van der Waals surface area contributed by atoms with Gasteiger partial charge in [-0.15, -0.1) is 0 Å². The molecule has 0 saturated heterocycles.